The van der Waals surface area contributed by atoms with E-state index in [1.54, 1.807) is 22.3 Å². The van der Waals surface area contributed by atoms with Gasteiger partial charge in [-0.3, -0.25) is 4.79 Å². The van der Waals surface area contributed by atoms with Crippen molar-refractivity contribution in [2.75, 3.05) is 26.2 Å². The number of thiophene rings is 1. The van der Waals surface area contributed by atoms with Crippen LogP contribution in [0.15, 0.2) is 52.7 Å². The molecule has 1 saturated heterocycles. The van der Waals surface area contributed by atoms with E-state index in [4.69, 9.17) is 0 Å². The van der Waals surface area contributed by atoms with Gasteiger partial charge in [-0.25, -0.2) is 12.8 Å². The summed E-state index contributed by atoms with van der Waals surface area (Å²) in [5.41, 5.74) is 0. The highest BCUT2D eigenvalue weighted by molar-refractivity contribution is 7.89. The second-order valence-electron chi connectivity index (χ2n) is 5.53. The summed E-state index contributed by atoms with van der Waals surface area (Å²) >= 11 is 1.54. The van der Waals surface area contributed by atoms with Crippen molar-refractivity contribution in [2.24, 2.45) is 0 Å². The number of hydrogen-bond acceptors (Lipinski definition) is 4. The summed E-state index contributed by atoms with van der Waals surface area (Å²) in [4.78, 5) is 14.9. The van der Waals surface area contributed by atoms with Gasteiger partial charge in [-0.15, -0.1) is 11.3 Å². The number of hydrogen-bond donors (Lipinski definition) is 0. The molecular formula is C17H17FN2O3S2. The van der Waals surface area contributed by atoms with Crippen LogP contribution in [0.2, 0.25) is 0 Å². The lowest BCUT2D eigenvalue weighted by atomic mass is 10.3. The van der Waals surface area contributed by atoms with E-state index in [1.807, 2.05) is 17.5 Å². The van der Waals surface area contributed by atoms with Crippen molar-refractivity contribution in [1.82, 2.24) is 9.21 Å². The summed E-state index contributed by atoms with van der Waals surface area (Å²) < 4.78 is 39.4. The standard InChI is InChI=1S/C17H17FN2O3S2/c18-14-3-6-16(7-4-14)25(22,23)20-11-9-19(10-12-20)17(21)8-5-15-2-1-13-24-15/h1-8,13H,9-12H2. The highest BCUT2D eigenvalue weighted by Crippen LogP contribution is 2.18. The molecule has 0 radical (unpaired) electrons. The number of piperazine rings is 1. The third-order valence-electron chi connectivity index (χ3n) is 3.94. The molecule has 1 fully saturated rings. The third-order valence-corrected chi connectivity index (χ3v) is 6.69. The van der Waals surface area contributed by atoms with Crippen molar-refractivity contribution < 1.29 is 17.6 Å². The van der Waals surface area contributed by atoms with E-state index in [0.29, 0.717) is 13.1 Å². The molecule has 0 N–H and O–H groups in total. The van der Waals surface area contributed by atoms with Gasteiger partial charge >= 0.3 is 0 Å². The molecule has 0 saturated carbocycles. The SMILES string of the molecule is O=C(C=Cc1cccs1)N1CCN(S(=O)(=O)c2ccc(F)cc2)CC1. The number of halogens is 1. The Kier molecular flexibility index (Phi) is 5.31. The average Bonchev–Trinajstić information content (AvgIpc) is 3.14. The minimum Gasteiger partial charge on any atom is -0.337 e. The van der Waals surface area contributed by atoms with Crippen molar-refractivity contribution in [1.29, 1.82) is 0 Å². The van der Waals surface area contributed by atoms with Crippen LogP contribution in [0.25, 0.3) is 6.08 Å². The molecule has 2 aromatic rings. The summed E-state index contributed by atoms with van der Waals surface area (Å²) in [6, 6.07) is 8.59. The summed E-state index contributed by atoms with van der Waals surface area (Å²) in [7, 11) is -3.66. The first-order valence-corrected chi connectivity index (χ1v) is 10.0. The predicted octanol–water partition coefficient (Wildman–Crippen LogP) is 2.43. The monoisotopic (exact) mass is 380 g/mol. The van der Waals surface area contributed by atoms with Gasteiger partial charge in [0.2, 0.25) is 15.9 Å². The highest BCUT2D eigenvalue weighted by atomic mass is 32.2. The van der Waals surface area contributed by atoms with E-state index in [9.17, 15) is 17.6 Å². The molecule has 3 rings (SSSR count). The van der Waals surface area contributed by atoms with Gasteiger partial charge in [0.15, 0.2) is 0 Å². The van der Waals surface area contributed by atoms with Crippen molar-refractivity contribution in [3.63, 3.8) is 0 Å². The summed E-state index contributed by atoms with van der Waals surface area (Å²) in [6.45, 7) is 1.10. The molecule has 8 heteroatoms. The zero-order valence-electron chi connectivity index (χ0n) is 13.3. The molecule has 2 heterocycles. The largest absolute Gasteiger partial charge is 0.337 e. The first-order chi connectivity index (χ1) is 12.0. The predicted molar refractivity (Wildman–Crippen MR) is 95.1 cm³/mol. The summed E-state index contributed by atoms with van der Waals surface area (Å²) in [6.07, 6.45) is 3.27. The first kappa shape index (κ1) is 17.8. The number of carbonyl (C=O) groups excluding carboxylic acids is 1. The van der Waals surface area contributed by atoms with Crippen molar-refractivity contribution >= 4 is 33.3 Å². The molecule has 1 aromatic carbocycles. The molecule has 1 aliphatic heterocycles. The fourth-order valence-corrected chi connectivity index (χ4v) is 4.59. The molecule has 0 spiro atoms. The maximum atomic E-state index is 13.0. The van der Waals surface area contributed by atoms with Crippen LogP contribution in [0.5, 0.6) is 0 Å². The molecule has 25 heavy (non-hydrogen) atoms. The van der Waals surface area contributed by atoms with Crippen molar-refractivity contribution in [3.05, 3.63) is 58.5 Å². The summed E-state index contributed by atoms with van der Waals surface area (Å²) in [5, 5.41) is 1.93. The second-order valence-corrected chi connectivity index (χ2v) is 8.45. The lowest BCUT2D eigenvalue weighted by Gasteiger charge is -2.33. The van der Waals surface area contributed by atoms with E-state index in [2.05, 4.69) is 0 Å². The molecule has 1 amide bonds. The van der Waals surface area contributed by atoms with E-state index >= 15 is 0 Å². The third kappa shape index (κ3) is 4.15. The maximum absolute atomic E-state index is 13.0. The molecule has 0 aliphatic carbocycles. The van der Waals surface area contributed by atoms with Crippen LogP contribution in [0, 0.1) is 5.82 Å². The Bertz CT molecular complexity index is 854. The lowest BCUT2D eigenvalue weighted by Crippen LogP contribution is -2.50. The van der Waals surface area contributed by atoms with Gasteiger partial charge in [0.1, 0.15) is 5.82 Å². The molecule has 0 atom stereocenters. The van der Waals surface area contributed by atoms with E-state index < -0.39 is 15.8 Å². The van der Waals surface area contributed by atoms with Gasteiger partial charge in [0, 0.05) is 37.1 Å². The molecule has 1 aliphatic rings. The van der Waals surface area contributed by atoms with Crippen LogP contribution in [-0.2, 0) is 14.8 Å². The lowest BCUT2D eigenvalue weighted by molar-refractivity contribution is -0.127. The minimum absolute atomic E-state index is 0.0614. The number of nitrogens with zero attached hydrogens (tertiary/aromatic N) is 2. The fourth-order valence-electron chi connectivity index (χ4n) is 2.55. The number of rotatable bonds is 4. The Balaban J connectivity index is 1.61. The van der Waals surface area contributed by atoms with Gasteiger partial charge in [-0.2, -0.15) is 4.31 Å². The minimum atomic E-state index is -3.66. The number of amides is 1. The van der Waals surface area contributed by atoms with Crippen LogP contribution >= 0.6 is 11.3 Å². The van der Waals surface area contributed by atoms with Crippen LogP contribution in [-0.4, -0.2) is 49.7 Å². The van der Waals surface area contributed by atoms with Gasteiger partial charge in [0.25, 0.3) is 0 Å². The number of benzene rings is 1. The normalized spacial score (nSPS) is 16.4. The molecule has 1 aromatic heterocycles. The molecule has 132 valence electrons. The molecule has 0 bridgehead atoms. The van der Waals surface area contributed by atoms with Crippen LogP contribution in [0.3, 0.4) is 0 Å². The van der Waals surface area contributed by atoms with Crippen LogP contribution < -0.4 is 0 Å². The number of carbonyl (C=O) groups is 1. The maximum Gasteiger partial charge on any atom is 0.246 e. The smallest absolute Gasteiger partial charge is 0.246 e. The van der Waals surface area contributed by atoms with Gasteiger partial charge in [-0.1, -0.05) is 6.07 Å². The zero-order chi connectivity index (χ0) is 17.9. The highest BCUT2D eigenvalue weighted by Gasteiger charge is 2.29. The number of sulfonamides is 1. The van der Waals surface area contributed by atoms with E-state index in [0.717, 1.165) is 17.0 Å². The molecule has 0 unspecified atom stereocenters. The van der Waals surface area contributed by atoms with E-state index in [1.165, 1.54) is 22.5 Å². The van der Waals surface area contributed by atoms with Crippen LogP contribution in [0.1, 0.15) is 4.88 Å². The first-order valence-electron chi connectivity index (χ1n) is 7.73. The Labute approximate surface area is 150 Å². The van der Waals surface area contributed by atoms with Gasteiger partial charge in [0.05, 0.1) is 4.90 Å². The zero-order valence-corrected chi connectivity index (χ0v) is 15.0. The van der Waals surface area contributed by atoms with Gasteiger partial charge in [-0.05, 0) is 41.8 Å². The molecule has 5 nitrogen and oxygen atoms in total. The van der Waals surface area contributed by atoms with Crippen molar-refractivity contribution in [3.8, 4) is 0 Å². The van der Waals surface area contributed by atoms with Crippen molar-refractivity contribution in [2.45, 2.75) is 4.90 Å². The topological polar surface area (TPSA) is 57.7 Å². The second kappa shape index (κ2) is 7.47. The Morgan fingerprint density at radius 1 is 1.08 bits per heavy atom. The molecular weight excluding hydrogens is 363 g/mol. The Morgan fingerprint density at radius 2 is 1.76 bits per heavy atom. The Hall–Kier alpha value is -2.03. The van der Waals surface area contributed by atoms with Gasteiger partial charge < -0.3 is 4.90 Å². The fraction of sp³-hybridized carbons (Fsp3) is 0.235. The quantitative estimate of drug-likeness (QED) is 0.766. The van der Waals surface area contributed by atoms with Crippen LogP contribution in [0.4, 0.5) is 4.39 Å². The summed E-state index contributed by atoms with van der Waals surface area (Å²) in [5.74, 6) is -0.612. The average molecular weight is 380 g/mol. The Morgan fingerprint density at radius 3 is 2.36 bits per heavy atom. The van der Waals surface area contributed by atoms with E-state index in [-0.39, 0.29) is 23.9 Å².